The number of benzene rings is 1. The molecule has 1 aliphatic heterocycles. The van der Waals surface area contributed by atoms with Crippen molar-refractivity contribution in [1.29, 1.82) is 0 Å². The summed E-state index contributed by atoms with van der Waals surface area (Å²) in [5.74, 6) is 0. The van der Waals surface area contributed by atoms with Crippen molar-refractivity contribution in [2.45, 2.75) is 45.2 Å². The van der Waals surface area contributed by atoms with Crippen molar-refractivity contribution in [1.82, 2.24) is 9.78 Å². The van der Waals surface area contributed by atoms with E-state index in [2.05, 4.69) is 57.1 Å². The smallest absolute Gasteiger partial charge is 0.403 e. The molecule has 1 aliphatic rings. The standard InChI is InChI=1S/C16H21BN2O2/c1-15(2)16(3,4)21-17(20-15)12-13-6-8-14(9-7-13)19-11-5-10-18-19/h5-11H,12H2,1-4H3. The molecular formula is C16H21BN2O2. The fraction of sp³-hybridized carbons (Fsp3) is 0.438. The van der Waals surface area contributed by atoms with Gasteiger partial charge < -0.3 is 9.31 Å². The van der Waals surface area contributed by atoms with Gasteiger partial charge in [0.05, 0.1) is 16.9 Å². The van der Waals surface area contributed by atoms with Gasteiger partial charge in [0.15, 0.2) is 0 Å². The lowest BCUT2D eigenvalue weighted by Gasteiger charge is -2.32. The van der Waals surface area contributed by atoms with E-state index in [9.17, 15) is 0 Å². The molecule has 5 heteroatoms. The highest BCUT2D eigenvalue weighted by Crippen LogP contribution is 2.37. The van der Waals surface area contributed by atoms with Gasteiger partial charge in [-0.15, -0.1) is 0 Å². The van der Waals surface area contributed by atoms with Gasteiger partial charge in [-0.2, -0.15) is 5.10 Å². The van der Waals surface area contributed by atoms with Crippen LogP contribution in [0.5, 0.6) is 0 Å². The Kier molecular flexibility index (Phi) is 3.42. The summed E-state index contributed by atoms with van der Waals surface area (Å²) in [7, 11) is -0.189. The predicted molar refractivity (Wildman–Crippen MR) is 83.4 cm³/mol. The molecule has 0 atom stereocenters. The Balaban J connectivity index is 1.70. The van der Waals surface area contributed by atoms with Crippen LogP contribution in [0.1, 0.15) is 33.3 Å². The van der Waals surface area contributed by atoms with Gasteiger partial charge in [0, 0.05) is 18.7 Å². The van der Waals surface area contributed by atoms with Gasteiger partial charge >= 0.3 is 7.12 Å². The Labute approximate surface area is 126 Å². The van der Waals surface area contributed by atoms with Crippen LogP contribution < -0.4 is 0 Å². The van der Waals surface area contributed by atoms with Gasteiger partial charge in [0.2, 0.25) is 0 Å². The van der Waals surface area contributed by atoms with Gasteiger partial charge in [0.25, 0.3) is 0 Å². The van der Waals surface area contributed by atoms with E-state index in [0.29, 0.717) is 0 Å². The molecule has 1 aromatic heterocycles. The summed E-state index contributed by atoms with van der Waals surface area (Å²) >= 11 is 0. The number of hydrogen-bond acceptors (Lipinski definition) is 3. The second-order valence-corrected chi connectivity index (χ2v) is 6.51. The highest BCUT2D eigenvalue weighted by Gasteiger charge is 2.50. The van der Waals surface area contributed by atoms with Crippen LogP contribution in [0, 0.1) is 0 Å². The third kappa shape index (κ3) is 2.76. The van der Waals surface area contributed by atoms with Crippen LogP contribution in [0.2, 0.25) is 0 Å². The lowest BCUT2D eigenvalue weighted by atomic mass is 9.81. The summed E-state index contributed by atoms with van der Waals surface area (Å²) in [6.45, 7) is 8.31. The maximum Gasteiger partial charge on any atom is 0.462 e. The molecule has 1 fully saturated rings. The lowest BCUT2D eigenvalue weighted by molar-refractivity contribution is 0.00578. The van der Waals surface area contributed by atoms with Crippen LogP contribution in [-0.2, 0) is 15.6 Å². The Morgan fingerprint density at radius 2 is 1.67 bits per heavy atom. The average molecular weight is 284 g/mol. The zero-order valence-electron chi connectivity index (χ0n) is 13.0. The van der Waals surface area contributed by atoms with Crippen LogP contribution in [-0.4, -0.2) is 28.1 Å². The molecule has 0 N–H and O–H groups in total. The number of rotatable bonds is 3. The van der Waals surface area contributed by atoms with E-state index >= 15 is 0 Å². The first-order chi connectivity index (χ1) is 9.87. The minimum Gasteiger partial charge on any atom is -0.403 e. The zero-order chi connectivity index (χ0) is 15.1. The Morgan fingerprint density at radius 3 is 2.19 bits per heavy atom. The average Bonchev–Trinajstić information content (AvgIpc) is 2.98. The highest BCUT2D eigenvalue weighted by atomic mass is 16.7. The van der Waals surface area contributed by atoms with Gasteiger partial charge in [0.1, 0.15) is 0 Å². The monoisotopic (exact) mass is 284 g/mol. The first-order valence-electron chi connectivity index (χ1n) is 7.32. The number of nitrogens with zero attached hydrogens (tertiary/aromatic N) is 2. The van der Waals surface area contributed by atoms with E-state index in [4.69, 9.17) is 9.31 Å². The molecule has 0 saturated carbocycles. The van der Waals surface area contributed by atoms with Crippen molar-refractivity contribution in [3.05, 3.63) is 48.3 Å². The van der Waals surface area contributed by atoms with Gasteiger partial charge in [-0.25, -0.2) is 4.68 Å². The molecule has 0 aliphatic carbocycles. The fourth-order valence-corrected chi connectivity index (χ4v) is 2.45. The largest absolute Gasteiger partial charge is 0.462 e. The molecule has 2 aromatic rings. The lowest BCUT2D eigenvalue weighted by Crippen LogP contribution is -2.41. The summed E-state index contributed by atoms with van der Waals surface area (Å²) in [5, 5.41) is 4.22. The Hall–Kier alpha value is -1.59. The van der Waals surface area contributed by atoms with Gasteiger partial charge in [-0.1, -0.05) is 12.1 Å². The molecule has 0 unspecified atom stereocenters. The quantitative estimate of drug-likeness (QED) is 0.813. The first kappa shape index (κ1) is 14.4. The van der Waals surface area contributed by atoms with Crippen molar-refractivity contribution >= 4 is 7.12 Å². The maximum atomic E-state index is 6.03. The maximum absolute atomic E-state index is 6.03. The van der Waals surface area contributed by atoms with E-state index in [-0.39, 0.29) is 18.3 Å². The molecule has 110 valence electrons. The second kappa shape index (κ2) is 5.00. The summed E-state index contributed by atoms with van der Waals surface area (Å²) < 4.78 is 13.9. The molecule has 1 aromatic carbocycles. The summed E-state index contributed by atoms with van der Waals surface area (Å²) in [4.78, 5) is 0. The predicted octanol–water partition coefficient (Wildman–Crippen LogP) is 3.05. The molecule has 4 nitrogen and oxygen atoms in total. The van der Waals surface area contributed by atoms with Crippen molar-refractivity contribution in [2.75, 3.05) is 0 Å². The molecule has 0 amide bonds. The van der Waals surface area contributed by atoms with Crippen molar-refractivity contribution in [3.63, 3.8) is 0 Å². The van der Waals surface area contributed by atoms with Crippen LogP contribution in [0.15, 0.2) is 42.7 Å². The molecule has 0 spiro atoms. The van der Waals surface area contributed by atoms with Gasteiger partial charge in [-0.05, 0) is 51.5 Å². The molecule has 3 rings (SSSR count). The third-order valence-electron chi connectivity index (χ3n) is 4.41. The van der Waals surface area contributed by atoms with E-state index in [1.165, 1.54) is 5.56 Å². The Bertz CT molecular complexity index is 590. The first-order valence-corrected chi connectivity index (χ1v) is 7.32. The van der Waals surface area contributed by atoms with Crippen molar-refractivity contribution < 1.29 is 9.31 Å². The zero-order valence-corrected chi connectivity index (χ0v) is 13.0. The molecule has 0 bridgehead atoms. The SMILES string of the molecule is CC1(C)OB(Cc2ccc(-n3cccn3)cc2)OC1(C)C. The minimum atomic E-state index is -0.271. The topological polar surface area (TPSA) is 36.3 Å². The van der Waals surface area contributed by atoms with Crippen LogP contribution >= 0.6 is 0 Å². The van der Waals surface area contributed by atoms with Crippen molar-refractivity contribution in [2.24, 2.45) is 0 Å². The molecule has 1 saturated heterocycles. The van der Waals surface area contributed by atoms with E-state index in [0.717, 1.165) is 12.0 Å². The van der Waals surface area contributed by atoms with E-state index in [1.807, 2.05) is 16.9 Å². The Morgan fingerprint density at radius 1 is 1.05 bits per heavy atom. The van der Waals surface area contributed by atoms with Crippen LogP contribution in [0.25, 0.3) is 5.69 Å². The third-order valence-corrected chi connectivity index (χ3v) is 4.41. The molecule has 2 heterocycles. The van der Waals surface area contributed by atoms with Gasteiger partial charge in [-0.3, -0.25) is 0 Å². The summed E-state index contributed by atoms with van der Waals surface area (Å²) in [5.41, 5.74) is 1.71. The fourth-order valence-electron chi connectivity index (χ4n) is 2.45. The van der Waals surface area contributed by atoms with Crippen molar-refractivity contribution in [3.8, 4) is 5.69 Å². The highest BCUT2D eigenvalue weighted by molar-refractivity contribution is 6.45. The normalized spacial score (nSPS) is 19.9. The van der Waals surface area contributed by atoms with Crippen LogP contribution in [0.4, 0.5) is 0 Å². The van der Waals surface area contributed by atoms with E-state index in [1.54, 1.807) is 6.20 Å². The number of hydrogen-bond donors (Lipinski definition) is 0. The summed E-state index contributed by atoms with van der Waals surface area (Å²) in [6, 6.07) is 10.2. The number of aromatic nitrogens is 2. The molecule has 21 heavy (non-hydrogen) atoms. The molecular weight excluding hydrogens is 263 g/mol. The van der Waals surface area contributed by atoms with E-state index < -0.39 is 0 Å². The van der Waals surface area contributed by atoms with Crippen LogP contribution in [0.3, 0.4) is 0 Å². The second-order valence-electron chi connectivity index (χ2n) is 6.51. The summed E-state index contributed by atoms with van der Waals surface area (Å²) in [6.07, 6.45) is 4.47. The minimum absolute atomic E-state index is 0.189. The molecule has 0 radical (unpaired) electrons.